The van der Waals surface area contributed by atoms with E-state index in [1.54, 1.807) is 12.4 Å². The number of nitrogens with two attached hydrogens (primary N) is 1. The van der Waals surface area contributed by atoms with E-state index in [2.05, 4.69) is 25.3 Å². The highest BCUT2D eigenvalue weighted by atomic mass is 16.5. The van der Waals surface area contributed by atoms with Gasteiger partial charge in [0.25, 0.3) is 0 Å². The second-order valence-electron chi connectivity index (χ2n) is 2.91. The van der Waals surface area contributed by atoms with Gasteiger partial charge in [-0.25, -0.2) is 9.78 Å². The standard InChI is InChI=1S/C9H15N5O2/c1-2-12-7-5-11-6-8(14-7)13-3-4-16-9(10)15/h5-6H,2-4H2,1H3,(H2,10,15)(H2,12,13,14). The SMILES string of the molecule is CCNc1cncc(NCCOC(N)=O)n1. The molecule has 0 saturated carbocycles. The highest BCUT2D eigenvalue weighted by Crippen LogP contribution is 2.05. The molecule has 0 spiro atoms. The van der Waals surface area contributed by atoms with Crippen molar-refractivity contribution in [3.8, 4) is 0 Å². The molecule has 88 valence electrons. The molecule has 0 aliphatic carbocycles. The lowest BCUT2D eigenvalue weighted by molar-refractivity contribution is 0.161. The highest BCUT2D eigenvalue weighted by molar-refractivity contribution is 5.64. The summed E-state index contributed by atoms with van der Waals surface area (Å²) in [6, 6.07) is 0. The molecule has 7 nitrogen and oxygen atoms in total. The van der Waals surface area contributed by atoms with Crippen molar-refractivity contribution in [2.75, 3.05) is 30.3 Å². The summed E-state index contributed by atoms with van der Waals surface area (Å²) in [6.45, 7) is 3.39. The van der Waals surface area contributed by atoms with Gasteiger partial charge in [-0.2, -0.15) is 0 Å². The molecule has 0 aliphatic rings. The van der Waals surface area contributed by atoms with Crippen LogP contribution in [0.2, 0.25) is 0 Å². The Hall–Kier alpha value is -2.05. The zero-order chi connectivity index (χ0) is 11.8. The van der Waals surface area contributed by atoms with Gasteiger partial charge in [-0.15, -0.1) is 0 Å². The van der Waals surface area contributed by atoms with Gasteiger partial charge < -0.3 is 21.1 Å². The fourth-order valence-corrected chi connectivity index (χ4v) is 1.05. The van der Waals surface area contributed by atoms with Crippen LogP contribution in [0, 0.1) is 0 Å². The quantitative estimate of drug-likeness (QED) is 0.606. The molecule has 1 heterocycles. The number of ether oxygens (including phenoxy) is 1. The van der Waals surface area contributed by atoms with Crippen LogP contribution in [0.3, 0.4) is 0 Å². The maximum atomic E-state index is 10.3. The summed E-state index contributed by atoms with van der Waals surface area (Å²) >= 11 is 0. The highest BCUT2D eigenvalue weighted by Gasteiger charge is 1.97. The van der Waals surface area contributed by atoms with E-state index >= 15 is 0 Å². The monoisotopic (exact) mass is 225 g/mol. The number of carbonyl (C=O) groups excluding carboxylic acids is 1. The maximum Gasteiger partial charge on any atom is 0.404 e. The van der Waals surface area contributed by atoms with Gasteiger partial charge in [0.1, 0.15) is 18.2 Å². The summed E-state index contributed by atoms with van der Waals surface area (Å²) < 4.78 is 4.55. The van der Waals surface area contributed by atoms with Crippen LogP contribution in [0.25, 0.3) is 0 Å². The third kappa shape index (κ3) is 4.45. The molecular formula is C9H15N5O2. The van der Waals surface area contributed by atoms with Gasteiger partial charge in [0, 0.05) is 6.54 Å². The molecule has 0 fully saturated rings. The van der Waals surface area contributed by atoms with Crippen LogP contribution in [0.15, 0.2) is 12.4 Å². The zero-order valence-electron chi connectivity index (χ0n) is 9.06. The number of amides is 1. The normalized spacial score (nSPS) is 9.56. The molecule has 0 aromatic carbocycles. The van der Waals surface area contributed by atoms with Crippen molar-refractivity contribution in [1.82, 2.24) is 9.97 Å². The molecule has 1 aromatic heterocycles. The molecule has 1 amide bonds. The summed E-state index contributed by atoms with van der Waals surface area (Å²) in [4.78, 5) is 18.5. The van der Waals surface area contributed by atoms with E-state index in [4.69, 9.17) is 5.73 Å². The van der Waals surface area contributed by atoms with E-state index in [1.165, 1.54) is 0 Å². The average molecular weight is 225 g/mol. The molecule has 0 bridgehead atoms. The summed E-state index contributed by atoms with van der Waals surface area (Å²) in [5, 5.41) is 5.99. The van der Waals surface area contributed by atoms with Gasteiger partial charge in [0.15, 0.2) is 0 Å². The minimum absolute atomic E-state index is 0.197. The molecule has 0 aliphatic heterocycles. The van der Waals surface area contributed by atoms with Crippen molar-refractivity contribution in [2.45, 2.75) is 6.92 Å². The van der Waals surface area contributed by atoms with E-state index in [-0.39, 0.29) is 6.61 Å². The Kier molecular flexibility index (Phi) is 4.84. The van der Waals surface area contributed by atoms with Crippen LogP contribution in [-0.2, 0) is 4.74 Å². The Bertz CT molecular complexity index is 344. The lowest BCUT2D eigenvalue weighted by atomic mass is 10.5. The van der Waals surface area contributed by atoms with E-state index < -0.39 is 6.09 Å². The first-order valence-corrected chi connectivity index (χ1v) is 4.94. The van der Waals surface area contributed by atoms with Crippen LogP contribution < -0.4 is 16.4 Å². The van der Waals surface area contributed by atoms with Crippen molar-refractivity contribution in [3.05, 3.63) is 12.4 Å². The number of anilines is 2. The first-order valence-electron chi connectivity index (χ1n) is 4.94. The van der Waals surface area contributed by atoms with Gasteiger partial charge in [-0.3, -0.25) is 4.98 Å². The van der Waals surface area contributed by atoms with Crippen LogP contribution in [0.5, 0.6) is 0 Å². The molecule has 1 rings (SSSR count). The van der Waals surface area contributed by atoms with Crippen molar-refractivity contribution in [3.63, 3.8) is 0 Å². The summed E-state index contributed by atoms with van der Waals surface area (Å²) in [5.41, 5.74) is 4.81. The van der Waals surface area contributed by atoms with Crippen LogP contribution in [0.1, 0.15) is 6.92 Å². The van der Waals surface area contributed by atoms with Crippen molar-refractivity contribution < 1.29 is 9.53 Å². The van der Waals surface area contributed by atoms with E-state index in [0.717, 1.165) is 6.54 Å². The van der Waals surface area contributed by atoms with Gasteiger partial charge in [0.2, 0.25) is 0 Å². The number of nitrogens with zero attached hydrogens (tertiary/aromatic N) is 2. The Morgan fingerprint density at radius 3 is 2.75 bits per heavy atom. The molecule has 0 radical (unpaired) electrons. The summed E-state index contributed by atoms with van der Waals surface area (Å²) in [5.74, 6) is 1.31. The lowest BCUT2D eigenvalue weighted by Gasteiger charge is -2.07. The van der Waals surface area contributed by atoms with Gasteiger partial charge in [0.05, 0.1) is 18.9 Å². The van der Waals surface area contributed by atoms with E-state index in [9.17, 15) is 4.79 Å². The van der Waals surface area contributed by atoms with E-state index in [1.807, 2.05) is 6.92 Å². The molecule has 1 aromatic rings. The van der Waals surface area contributed by atoms with Crippen molar-refractivity contribution in [2.24, 2.45) is 5.73 Å². The second-order valence-corrected chi connectivity index (χ2v) is 2.91. The topological polar surface area (TPSA) is 102 Å². The first kappa shape index (κ1) is 12.0. The largest absolute Gasteiger partial charge is 0.448 e. The minimum atomic E-state index is -0.783. The molecule has 0 atom stereocenters. The molecule has 7 heteroatoms. The number of carbonyl (C=O) groups is 1. The summed E-state index contributed by atoms with van der Waals surface area (Å²) in [6.07, 6.45) is 2.44. The predicted octanol–water partition coefficient (Wildman–Crippen LogP) is 0.416. The lowest BCUT2D eigenvalue weighted by Crippen LogP contribution is -2.18. The molecule has 16 heavy (non-hydrogen) atoms. The van der Waals surface area contributed by atoms with Crippen LogP contribution in [-0.4, -0.2) is 35.8 Å². The Morgan fingerprint density at radius 1 is 1.44 bits per heavy atom. The smallest absolute Gasteiger partial charge is 0.404 e. The molecule has 0 saturated heterocycles. The number of hydrogen-bond acceptors (Lipinski definition) is 6. The predicted molar refractivity (Wildman–Crippen MR) is 60.2 cm³/mol. The van der Waals surface area contributed by atoms with Gasteiger partial charge in [-0.05, 0) is 6.92 Å². The van der Waals surface area contributed by atoms with Crippen molar-refractivity contribution in [1.29, 1.82) is 0 Å². The fourth-order valence-electron chi connectivity index (χ4n) is 1.05. The molecule has 0 unspecified atom stereocenters. The maximum absolute atomic E-state index is 10.3. The Labute approximate surface area is 93.4 Å². The van der Waals surface area contributed by atoms with Crippen LogP contribution in [0.4, 0.5) is 16.4 Å². The summed E-state index contributed by atoms with van der Waals surface area (Å²) in [7, 11) is 0. The average Bonchev–Trinajstić information content (AvgIpc) is 2.25. The molecular weight excluding hydrogens is 210 g/mol. The van der Waals surface area contributed by atoms with Gasteiger partial charge in [-0.1, -0.05) is 0 Å². The number of rotatable bonds is 6. The first-order chi connectivity index (χ1) is 7.72. The number of aromatic nitrogens is 2. The fraction of sp³-hybridized carbons (Fsp3) is 0.444. The third-order valence-corrected chi connectivity index (χ3v) is 1.64. The minimum Gasteiger partial charge on any atom is -0.448 e. The molecule has 4 N–H and O–H groups in total. The van der Waals surface area contributed by atoms with Crippen LogP contribution >= 0.6 is 0 Å². The second kappa shape index (κ2) is 6.44. The number of primary amides is 1. The zero-order valence-corrected chi connectivity index (χ0v) is 9.06. The third-order valence-electron chi connectivity index (χ3n) is 1.64. The number of hydrogen-bond donors (Lipinski definition) is 3. The van der Waals surface area contributed by atoms with Crippen molar-refractivity contribution >= 4 is 17.7 Å². The van der Waals surface area contributed by atoms with E-state index in [0.29, 0.717) is 18.2 Å². The number of nitrogens with one attached hydrogen (secondary N) is 2. The Balaban J connectivity index is 2.35. The Morgan fingerprint density at radius 2 is 2.12 bits per heavy atom. The van der Waals surface area contributed by atoms with Gasteiger partial charge >= 0.3 is 6.09 Å².